The average molecular weight is 411 g/mol. The van der Waals surface area contributed by atoms with Gasteiger partial charge in [0, 0.05) is 30.6 Å². The Kier molecular flexibility index (Phi) is 6.90. The van der Waals surface area contributed by atoms with Gasteiger partial charge in [0.05, 0.1) is 13.7 Å². The molecule has 0 spiro atoms. The first-order valence-electron chi connectivity index (χ1n) is 9.80. The Morgan fingerprint density at radius 2 is 1.67 bits per heavy atom. The van der Waals surface area contributed by atoms with Crippen LogP contribution in [0.25, 0.3) is 0 Å². The Labute approximate surface area is 175 Å². The van der Waals surface area contributed by atoms with Crippen molar-refractivity contribution in [3.63, 3.8) is 0 Å². The van der Waals surface area contributed by atoms with Gasteiger partial charge in [-0.15, -0.1) is 0 Å². The number of rotatable bonds is 7. The predicted molar refractivity (Wildman–Crippen MR) is 110 cm³/mol. The van der Waals surface area contributed by atoms with Crippen LogP contribution in [0.3, 0.4) is 0 Å². The van der Waals surface area contributed by atoms with Crippen LogP contribution in [-0.2, 0) is 11.3 Å². The minimum Gasteiger partial charge on any atom is -0.493 e. The minimum absolute atomic E-state index is 0.158. The van der Waals surface area contributed by atoms with E-state index < -0.39 is 11.8 Å². The van der Waals surface area contributed by atoms with Crippen molar-refractivity contribution in [1.29, 1.82) is 0 Å². The van der Waals surface area contributed by atoms with E-state index in [1.165, 1.54) is 7.11 Å². The van der Waals surface area contributed by atoms with E-state index in [9.17, 15) is 14.4 Å². The zero-order valence-corrected chi connectivity index (χ0v) is 17.1. The molecule has 0 radical (unpaired) electrons. The van der Waals surface area contributed by atoms with E-state index in [2.05, 4.69) is 10.9 Å². The molecule has 8 nitrogen and oxygen atoms in total. The summed E-state index contributed by atoms with van der Waals surface area (Å²) in [6.45, 7) is 3.64. The number of carbonyl (C=O) groups excluding carboxylic acids is 3. The molecular weight excluding hydrogens is 386 g/mol. The van der Waals surface area contributed by atoms with E-state index in [1.54, 1.807) is 47.4 Å². The fourth-order valence-corrected chi connectivity index (χ4v) is 3.19. The van der Waals surface area contributed by atoms with Crippen LogP contribution in [0, 0.1) is 0 Å². The van der Waals surface area contributed by atoms with Crippen LogP contribution >= 0.6 is 0 Å². The summed E-state index contributed by atoms with van der Waals surface area (Å²) in [5.74, 6) is 0.212. The van der Waals surface area contributed by atoms with Crippen molar-refractivity contribution in [2.45, 2.75) is 26.3 Å². The molecule has 0 aromatic heterocycles. The molecule has 1 fully saturated rings. The number of methoxy groups -OCH3 is 1. The van der Waals surface area contributed by atoms with Crippen LogP contribution in [0.15, 0.2) is 42.5 Å². The zero-order chi connectivity index (χ0) is 21.5. The van der Waals surface area contributed by atoms with Crippen molar-refractivity contribution in [3.05, 3.63) is 59.2 Å². The molecule has 3 amide bonds. The summed E-state index contributed by atoms with van der Waals surface area (Å²) >= 11 is 0. The summed E-state index contributed by atoms with van der Waals surface area (Å²) in [4.78, 5) is 38.2. The van der Waals surface area contributed by atoms with E-state index in [1.807, 2.05) is 6.92 Å². The lowest BCUT2D eigenvalue weighted by atomic mass is 10.1. The molecule has 2 aromatic carbocycles. The summed E-state index contributed by atoms with van der Waals surface area (Å²) in [6, 6.07) is 11.7. The smallest absolute Gasteiger partial charge is 0.269 e. The molecule has 0 bridgehead atoms. The molecule has 2 N–H and O–H groups in total. The van der Waals surface area contributed by atoms with Crippen molar-refractivity contribution in [3.8, 4) is 11.5 Å². The van der Waals surface area contributed by atoms with Crippen LogP contribution in [0.5, 0.6) is 11.5 Å². The zero-order valence-electron chi connectivity index (χ0n) is 17.1. The molecule has 30 heavy (non-hydrogen) atoms. The summed E-state index contributed by atoms with van der Waals surface area (Å²) in [5.41, 5.74) is 6.46. The summed E-state index contributed by atoms with van der Waals surface area (Å²) < 4.78 is 10.7. The molecule has 0 atom stereocenters. The molecule has 3 rings (SSSR count). The largest absolute Gasteiger partial charge is 0.493 e. The second kappa shape index (κ2) is 9.78. The van der Waals surface area contributed by atoms with Gasteiger partial charge < -0.3 is 14.4 Å². The van der Waals surface area contributed by atoms with Gasteiger partial charge in [0.25, 0.3) is 11.8 Å². The van der Waals surface area contributed by atoms with Crippen LogP contribution in [0.4, 0.5) is 0 Å². The topological polar surface area (TPSA) is 97.0 Å². The van der Waals surface area contributed by atoms with Crippen molar-refractivity contribution >= 4 is 17.7 Å². The summed E-state index contributed by atoms with van der Waals surface area (Å²) in [7, 11) is 1.49. The van der Waals surface area contributed by atoms with E-state index >= 15 is 0 Å². The van der Waals surface area contributed by atoms with Gasteiger partial charge >= 0.3 is 0 Å². The van der Waals surface area contributed by atoms with E-state index in [-0.39, 0.29) is 5.91 Å². The highest BCUT2D eigenvalue weighted by molar-refractivity contribution is 5.99. The van der Waals surface area contributed by atoms with Crippen LogP contribution in [0.2, 0.25) is 0 Å². The molecule has 8 heteroatoms. The first-order chi connectivity index (χ1) is 14.5. The highest BCUT2D eigenvalue weighted by Crippen LogP contribution is 2.27. The van der Waals surface area contributed by atoms with E-state index in [0.29, 0.717) is 42.2 Å². The Morgan fingerprint density at radius 1 is 1.00 bits per heavy atom. The van der Waals surface area contributed by atoms with Crippen LogP contribution in [-0.4, -0.2) is 42.9 Å². The molecule has 0 aliphatic carbocycles. The number of nitrogens with zero attached hydrogens (tertiary/aromatic N) is 1. The monoisotopic (exact) mass is 411 g/mol. The number of hydrazine groups is 1. The van der Waals surface area contributed by atoms with Gasteiger partial charge in [-0.3, -0.25) is 25.2 Å². The Balaban J connectivity index is 1.56. The number of carbonyl (C=O) groups is 3. The van der Waals surface area contributed by atoms with E-state index in [0.717, 1.165) is 18.5 Å². The third kappa shape index (κ3) is 5.08. The lowest BCUT2D eigenvalue weighted by Gasteiger charge is -2.15. The Morgan fingerprint density at radius 3 is 2.27 bits per heavy atom. The molecule has 1 heterocycles. The SMILES string of the molecule is CCOc1ccc(C(=O)NNC(=O)c2ccc(CN3CCCC3=O)cc2)cc1OC. The molecule has 2 aromatic rings. The molecule has 1 saturated heterocycles. The molecular formula is C22H25N3O5. The van der Waals surface area contributed by atoms with Gasteiger partial charge in [-0.1, -0.05) is 12.1 Å². The Bertz CT molecular complexity index is 927. The van der Waals surface area contributed by atoms with E-state index in [4.69, 9.17) is 9.47 Å². The number of nitrogens with one attached hydrogen (secondary N) is 2. The number of hydrogen-bond acceptors (Lipinski definition) is 5. The minimum atomic E-state index is -0.478. The third-order valence-corrected chi connectivity index (χ3v) is 4.78. The summed E-state index contributed by atoms with van der Waals surface area (Å²) in [5, 5.41) is 0. The van der Waals surface area contributed by atoms with Gasteiger partial charge in [-0.2, -0.15) is 0 Å². The maximum atomic E-state index is 12.3. The van der Waals surface area contributed by atoms with Crippen molar-refractivity contribution in [2.24, 2.45) is 0 Å². The van der Waals surface area contributed by atoms with Crippen LogP contribution in [0.1, 0.15) is 46.0 Å². The van der Waals surface area contributed by atoms with Gasteiger partial charge in [-0.05, 0) is 49.2 Å². The molecule has 1 aliphatic heterocycles. The number of amides is 3. The third-order valence-electron chi connectivity index (χ3n) is 4.78. The van der Waals surface area contributed by atoms with Crippen molar-refractivity contribution < 1.29 is 23.9 Å². The van der Waals surface area contributed by atoms with Crippen molar-refractivity contribution in [1.82, 2.24) is 15.8 Å². The van der Waals surface area contributed by atoms with Gasteiger partial charge in [0.1, 0.15) is 0 Å². The number of hydrogen-bond donors (Lipinski definition) is 2. The second-order valence-corrected chi connectivity index (χ2v) is 6.82. The first-order valence-corrected chi connectivity index (χ1v) is 9.80. The number of likely N-dealkylation sites (tertiary alicyclic amines) is 1. The van der Waals surface area contributed by atoms with Gasteiger partial charge in [-0.25, -0.2) is 0 Å². The van der Waals surface area contributed by atoms with Crippen molar-refractivity contribution in [2.75, 3.05) is 20.3 Å². The summed E-state index contributed by atoms with van der Waals surface area (Å²) in [6.07, 6.45) is 1.49. The highest BCUT2D eigenvalue weighted by atomic mass is 16.5. The lowest BCUT2D eigenvalue weighted by molar-refractivity contribution is -0.128. The standard InChI is InChI=1S/C22H25N3O5/c1-3-30-18-11-10-17(13-19(18)29-2)22(28)24-23-21(27)16-8-6-15(7-9-16)14-25-12-4-5-20(25)26/h6-11,13H,3-5,12,14H2,1-2H3,(H,23,27)(H,24,28). The first kappa shape index (κ1) is 21.2. The fourth-order valence-electron chi connectivity index (χ4n) is 3.19. The fraction of sp³-hybridized carbons (Fsp3) is 0.318. The number of benzene rings is 2. The maximum absolute atomic E-state index is 12.3. The lowest BCUT2D eigenvalue weighted by Crippen LogP contribution is -2.41. The number of ether oxygens (including phenoxy) is 2. The quantitative estimate of drug-likeness (QED) is 0.682. The maximum Gasteiger partial charge on any atom is 0.269 e. The highest BCUT2D eigenvalue weighted by Gasteiger charge is 2.20. The average Bonchev–Trinajstić information content (AvgIpc) is 3.17. The van der Waals surface area contributed by atoms with Crippen LogP contribution < -0.4 is 20.3 Å². The second-order valence-electron chi connectivity index (χ2n) is 6.82. The normalized spacial score (nSPS) is 13.1. The Hall–Kier alpha value is -3.55. The molecule has 0 unspecified atom stereocenters. The molecule has 158 valence electrons. The molecule has 1 aliphatic rings. The predicted octanol–water partition coefficient (Wildman–Crippen LogP) is 2.29. The molecule has 0 saturated carbocycles. The van der Waals surface area contributed by atoms with Gasteiger partial charge in [0.2, 0.25) is 5.91 Å². The van der Waals surface area contributed by atoms with Gasteiger partial charge in [0.15, 0.2) is 11.5 Å².